The number of rotatable bonds is 5. The second kappa shape index (κ2) is 6.43. The van der Waals surface area contributed by atoms with Gasteiger partial charge in [0.25, 0.3) is 0 Å². The molecule has 0 radical (unpaired) electrons. The van der Waals surface area contributed by atoms with E-state index in [4.69, 9.17) is 11.6 Å². The Hall–Kier alpha value is -1.74. The minimum absolute atomic E-state index is 0.0533. The molecule has 0 N–H and O–H groups in total. The lowest BCUT2D eigenvalue weighted by molar-refractivity contribution is -0.118. The second-order valence-electron chi connectivity index (χ2n) is 4.33. The highest BCUT2D eigenvalue weighted by Gasteiger charge is 2.07. The summed E-state index contributed by atoms with van der Waals surface area (Å²) >= 11 is 5.68. The van der Waals surface area contributed by atoms with Gasteiger partial charge in [-0.2, -0.15) is 0 Å². The van der Waals surface area contributed by atoms with Crippen LogP contribution in [0.5, 0.6) is 0 Å². The predicted octanol–water partition coefficient (Wildman–Crippen LogP) is 3.62. The maximum Gasteiger partial charge on any atom is 0.141 e. The minimum atomic E-state index is -0.465. The molecule has 0 bridgehead atoms. The Morgan fingerprint density at radius 2 is 2.11 bits per heavy atom. The molecule has 0 aliphatic heterocycles. The Kier molecular flexibility index (Phi) is 4.63. The highest BCUT2D eigenvalue weighted by atomic mass is 35.5. The fraction of sp³-hybridized carbons (Fsp3) is 0.200. The van der Waals surface area contributed by atoms with E-state index in [9.17, 15) is 9.18 Å². The van der Waals surface area contributed by atoms with E-state index >= 15 is 0 Å². The first-order valence-corrected chi connectivity index (χ1v) is 6.37. The molecule has 2 aromatic rings. The predicted molar refractivity (Wildman–Crippen MR) is 72.7 cm³/mol. The lowest BCUT2D eigenvalue weighted by atomic mass is 10.0. The van der Waals surface area contributed by atoms with Crippen molar-refractivity contribution < 1.29 is 9.18 Å². The molecule has 98 valence electrons. The summed E-state index contributed by atoms with van der Waals surface area (Å²) in [4.78, 5) is 15.8. The smallest absolute Gasteiger partial charge is 0.141 e. The third kappa shape index (κ3) is 4.14. The van der Waals surface area contributed by atoms with E-state index in [-0.39, 0.29) is 17.2 Å². The van der Waals surface area contributed by atoms with Crippen molar-refractivity contribution in [3.8, 4) is 0 Å². The van der Waals surface area contributed by atoms with Crippen LogP contribution >= 0.6 is 11.6 Å². The SMILES string of the molecule is O=C(CCc1cccnc1)Cc1ccc(F)c(Cl)c1. The number of hydrogen-bond acceptors (Lipinski definition) is 2. The number of nitrogens with zero attached hydrogens (tertiary/aromatic N) is 1. The van der Waals surface area contributed by atoms with Gasteiger partial charge in [0.15, 0.2) is 0 Å². The lowest BCUT2D eigenvalue weighted by Gasteiger charge is -2.03. The molecule has 0 spiro atoms. The van der Waals surface area contributed by atoms with Gasteiger partial charge in [-0.1, -0.05) is 23.7 Å². The summed E-state index contributed by atoms with van der Waals surface area (Å²) in [5.41, 5.74) is 1.77. The minimum Gasteiger partial charge on any atom is -0.299 e. The molecule has 1 aromatic heterocycles. The van der Waals surface area contributed by atoms with Crippen molar-refractivity contribution in [2.75, 3.05) is 0 Å². The molecule has 0 saturated carbocycles. The molecule has 0 amide bonds. The van der Waals surface area contributed by atoms with Crippen LogP contribution in [0.15, 0.2) is 42.7 Å². The number of halogens is 2. The molecule has 2 nitrogen and oxygen atoms in total. The van der Waals surface area contributed by atoms with Gasteiger partial charge in [0.05, 0.1) is 5.02 Å². The molecule has 4 heteroatoms. The summed E-state index contributed by atoms with van der Waals surface area (Å²) in [5, 5.41) is 0.0533. The zero-order valence-electron chi connectivity index (χ0n) is 10.3. The first kappa shape index (κ1) is 13.7. The number of aryl methyl sites for hydroxylation is 1. The van der Waals surface area contributed by atoms with Crippen molar-refractivity contribution in [3.05, 3.63) is 64.7 Å². The fourth-order valence-electron chi connectivity index (χ4n) is 1.80. The normalized spacial score (nSPS) is 10.4. The third-order valence-corrected chi connectivity index (χ3v) is 3.09. The van der Waals surface area contributed by atoms with Gasteiger partial charge in [0.2, 0.25) is 0 Å². The van der Waals surface area contributed by atoms with Crippen LogP contribution in [-0.2, 0) is 17.6 Å². The van der Waals surface area contributed by atoms with E-state index in [1.165, 1.54) is 12.1 Å². The average molecular weight is 278 g/mol. The van der Waals surface area contributed by atoms with Gasteiger partial charge >= 0.3 is 0 Å². The third-order valence-electron chi connectivity index (χ3n) is 2.80. The number of carbonyl (C=O) groups is 1. The second-order valence-corrected chi connectivity index (χ2v) is 4.73. The van der Waals surface area contributed by atoms with Crippen LogP contribution in [0.3, 0.4) is 0 Å². The zero-order valence-corrected chi connectivity index (χ0v) is 11.0. The molecule has 1 aromatic carbocycles. The van der Waals surface area contributed by atoms with Gasteiger partial charge < -0.3 is 0 Å². The molecule has 2 rings (SSSR count). The van der Waals surface area contributed by atoms with Crippen LogP contribution in [0, 0.1) is 5.82 Å². The molecular weight excluding hydrogens is 265 g/mol. The van der Waals surface area contributed by atoms with Crippen molar-refractivity contribution >= 4 is 17.4 Å². The van der Waals surface area contributed by atoms with Gasteiger partial charge in [-0.3, -0.25) is 9.78 Å². The van der Waals surface area contributed by atoms with Crippen LogP contribution in [0.1, 0.15) is 17.5 Å². The number of pyridine rings is 1. The summed E-state index contributed by atoms with van der Waals surface area (Å²) < 4.78 is 13.0. The topological polar surface area (TPSA) is 30.0 Å². The van der Waals surface area contributed by atoms with Crippen LogP contribution < -0.4 is 0 Å². The summed E-state index contributed by atoms with van der Waals surface area (Å²) in [5.74, 6) is -0.361. The Bertz CT molecular complexity index is 572. The van der Waals surface area contributed by atoms with Crippen LogP contribution in [0.2, 0.25) is 5.02 Å². The van der Waals surface area contributed by atoms with Gasteiger partial charge in [0.1, 0.15) is 11.6 Å². The molecule has 0 aliphatic carbocycles. The van der Waals surface area contributed by atoms with Crippen LogP contribution in [0.4, 0.5) is 4.39 Å². The molecule has 1 heterocycles. The van der Waals surface area contributed by atoms with Crippen molar-refractivity contribution in [2.24, 2.45) is 0 Å². The van der Waals surface area contributed by atoms with E-state index < -0.39 is 5.82 Å². The van der Waals surface area contributed by atoms with E-state index in [2.05, 4.69) is 4.98 Å². The lowest BCUT2D eigenvalue weighted by Crippen LogP contribution is -2.04. The number of Topliss-reactive ketones (excluding diaryl/α,β-unsaturated/α-hetero) is 1. The number of hydrogen-bond donors (Lipinski definition) is 0. The molecule has 0 fully saturated rings. The zero-order chi connectivity index (χ0) is 13.7. The Morgan fingerprint density at radius 3 is 2.79 bits per heavy atom. The Balaban J connectivity index is 1.89. The highest BCUT2D eigenvalue weighted by molar-refractivity contribution is 6.30. The van der Waals surface area contributed by atoms with E-state index in [0.29, 0.717) is 12.8 Å². The number of benzene rings is 1. The number of aromatic nitrogens is 1. The van der Waals surface area contributed by atoms with Gasteiger partial charge in [-0.15, -0.1) is 0 Å². The van der Waals surface area contributed by atoms with Crippen LogP contribution in [-0.4, -0.2) is 10.8 Å². The fourth-order valence-corrected chi connectivity index (χ4v) is 2.00. The first-order valence-electron chi connectivity index (χ1n) is 5.99. The molecule has 0 atom stereocenters. The van der Waals surface area contributed by atoms with E-state index in [1.54, 1.807) is 18.5 Å². The number of ketones is 1. The molecule has 0 aliphatic rings. The van der Waals surface area contributed by atoms with Gasteiger partial charge in [-0.05, 0) is 35.7 Å². The monoisotopic (exact) mass is 277 g/mol. The molecule has 0 unspecified atom stereocenters. The summed E-state index contributed by atoms with van der Waals surface area (Å²) in [6.07, 6.45) is 4.84. The maximum atomic E-state index is 13.0. The highest BCUT2D eigenvalue weighted by Crippen LogP contribution is 2.17. The maximum absolute atomic E-state index is 13.0. The molecule has 19 heavy (non-hydrogen) atoms. The first-order chi connectivity index (χ1) is 9.15. The van der Waals surface area contributed by atoms with Gasteiger partial charge in [-0.25, -0.2) is 4.39 Å². The summed E-state index contributed by atoms with van der Waals surface area (Å²) in [6, 6.07) is 8.16. The number of carbonyl (C=O) groups excluding carboxylic acids is 1. The average Bonchev–Trinajstić information content (AvgIpc) is 2.42. The molecular formula is C15H13ClFNO. The van der Waals surface area contributed by atoms with Crippen molar-refractivity contribution in [2.45, 2.75) is 19.3 Å². The molecule has 0 saturated heterocycles. The Morgan fingerprint density at radius 1 is 1.26 bits per heavy atom. The van der Waals surface area contributed by atoms with E-state index in [1.807, 2.05) is 12.1 Å². The summed E-state index contributed by atoms with van der Waals surface area (Å²) in [6.45, 7) is 0. The van der Waals surface area contributed by atoms with Crippen molar-refractivity contribution in [3.63, 3.8) is 0 Å². The van der Waals surface area contributed by atoms with E-state index in [0.717, 1.165) is 11.1 Å². The van der Waals surface area contributed by atoms with Crippen molar-refractivity contribution in [1.29, 1.82) is 0 Å². The largest absolute Gasteiger partial charge is 0.299 e. The quantitative estimate of drug-likeness (QED) is 0.835. The van der Waals surface area contributed by atoms with Crippen LogP contribution in [0.25, 0.3) is 0 Å². The van der Waals surface area contributed by atoms with Crippen molar-refractivity contribution in [1.82, 2.24) is 4.98 Å². The summed E-state index contributed by atoms with van der Waals surface area (Å²) in [7, 11) is 0. The Labute approximate surface area is 116 Å². The standard InChI is InChI=1S/C15H13ClFNO/c16-14-9-12(4-6-15(14)17)8-13(19)5-3-11-2-1-7-18-10-11/h1-2,4,6-7,9-10H,3,5,8H2. The van der Waals surface area contributed by atoms with Gasteiger partial charge in [0, 0.05) is 25.2 Å².